The Balaban J connectivity index is 1.42. The second-order valence-corrected chi connectivity index (χ2v) is 11.0. The molecular formula is C25H27N5O3S. The summed E-state index contributed by atoms with van der Waals surface area (Å²) in [5.41, 5.74) is 4.62. The summed E-state index contributed by atoms with van der Waals surface area (Å²) in [6, 6.07) is 19.0. The third-order valence-corrected chi connectivity index (χ3v) is 8.15. The maximum Gasteiger partial charge on any atom is 0.245 e. The average molecular weight is 478 g/mol. The summed E-state index contributed by atoms with van der Waals surface area (Å²) in [4.78, 5) is 7.08. The Morgan fingerprint density at radius 2 is 1.76 bits per heavy atom. The molecule has 1 aliphatic heterocycles. The summed E-state index contributed by atoms with van der Waals surface area (Å²) in [5, 5.41) is 7.53. The van der Waals surface area contributed by atoms with Crippen molar-refractivity contribution in [1.82, 2.24) is 14.6 Å². The Labute approximate surface area is 199 Å². The normalized spacial score (nSPS) is 14.6. The maximum atomic E-state index is 12.4. The molecule has 9 heteroatoms. The van der Waals surface area contributed by atoms with Gasteiger partial charge >= 0.3 is 0 Å². The number of benzene rings is 2. The van der Waals surface area contributed by atoms with Crippen molar-refractivity contribution >= 4 is 32.7 Å². The number of ether oxygens (including phenoxy) is 1. The number of nitrogens with one attached hydrogen (secondary N) is 1. The van der Waals surface area contributed by atoms with Crippen LogP contribution in [0.1, 0.15) is 13.8 Å². The van der Waals surface area contributed by atoms with E-state index < -0.39 is 15.1 Å². The fourth-order valence-corrected chi connectivity index (χ4v) is 5.06. The van der Waals surface area contributed by atoms with Gasteiger partial charge in [0, 0.05) is 30.0 Å². The molecule has 1 N–H and O–H groups in total. The van der Waals surface area contributed by atoms with Crippen LogP contribution < -0.4 is 10.2 Å². The summed E-state index contributed by atoms with van der Waals surface area (Å²) in [6.45, 7) is 6.58. The first-order valence-corrected chi connectivity index (χ1v) is 12.9. The molecule has 176 valence electrons. The van der Waals surface area contributed by atoms with Gasteiger partial charge < -0.3 is 15.0 Å². The van der Waals surface area contributed by atoms with Gasteiger partial charge in [0.2, 0.25) is 5.95 Å². The fourth-order valence-electron chi connectivity index (χ4n) is 4.00. The third kappa shape index (κ3) is 4.36. The first-order chi connectivity index (χ1) is 16.4. The molecule has 0 bridgehead atoms. The Morgan fingerprint density at radius 3 is 2.50 bits per heavy atom. The first-order valence-electron chi connectivity index (χ1n) is 11.3. The predicted octanol–water partition coefficient (Wildman–Crippen LogP) is 4.16. The molecule has 5 rings (SSSR count). The second kappa shape index (κ2) is 9.08. The number of hydrogen-bond acceptors (Lipinski definition) is 7. The van der Waals surface area contributed by atoms with Gasteiger partial charge in [-0.3, -0.25) is 0 Å². The summed E-state index contributed by atoms with van der Waals surface area (Å²) >= 11 is 0. The lowest BCUT2D eigenvalue weighted by Gasteiger charge is -2.29. The lowest BCUT2D eigenvalue weighted by molar-refractivity contribution is 0.122. The van der Waals surface area contributed by atoms with Crippen LogP contribution in [-0.2, 0) is 14.6 Å². The van der Waals surface area contributed by atoms with Gasteiger partial charge in [-0.1, -0.05) is 18.2 Å². The Morgan fingerprint density at radius 1 is 1.00 bits per heavy atom. The third-order valence-electron chi connectivity index (χ3n) is 5.98. The second-order valence-electron chi connectivity index (χ2n) is 8.53. The molecule has 2 aromatic heterocycles. The Bertz CT molecular complexity index is 1410. The van der Waals surface area contributed by atoms with Crippen molar-refractivity contribution in [1.29, 1.82) is 0 Å². The van der Waals surface area contributed by atoms with E-state index in [4.69, 9.17) is 9.84 Å². The number of morpholine rings is 1. The van der Waals surface area contributed by atoms with E-state index in [0.29, 0.717) is 10.8 Å². The number of anilines is 3. The molecule has 0 saturated carbocycles. The van der Waals surface area contributed by atoms with Gasteiger partial charge in [-0.05, 0) is 56.3 Å². The zero-order chi connectivity index (χ0) is 23.7. The van der Waals surface area contributed by atoms with Crippen molar-refractivity contribution in [2.45, 2.75) is 24.0 Å². The van der Waals surface area contributed by atoms with Gasteiger partial charge in [-0.25, -0.2) is 17.9 Å². The SMILES string of the molecule is CC(C)S(=O)(=O)c1ccc(-c2ccc3cnc(Nc4cccc(N5CCOCC5)c4)nn23)cc1. The van der Waals surface area contributed by atoms with Gasteiger partial charge in [0.25, 0.3) is 0 Å². The van der Waals surface area contributed by atoms with Gasteiger partial charge in [-0.15, -0.1) is 5.10 Å². The molecule has 8 nitrogen and oxygen atoms in total. The fraction of sp³-hybridized carbons (Fsp3) is 0.280. The Hall–Kier alpha value is -3.43. The molecule has 0 amide bonds. The highest BCUT2D eigenvalue weighted by atomic mass is 32.2. The molecule has 0 radical (unpaired) electrons. The molecule has 1 aliphatic rings. The molecule has 4 aromatic rings. The van der Waals surface area contributed by atoms with E-state index in [2.05, 4.69) is 27.3 Å². The number of nitrogens with zero attached hydrogens (tertiary/aromatic N) is 4. The van der Waals surface area contributed by atoms with Crippen LogP contribution in [0.5, 0.6) is 0 Å². The van der Waals surface area contributed by atoms with Crippen molar-refractivity contribution in [2.24, 2.45) is 0 Å². The van der Waals surface area contributed by atoms with E-state index in [9.17, 15) is 8.42 Å². The molecule has 0 aliphatic carbocycles. The van der Waals surface area contributed by atoms with Crippen molar-refractivity contribution in [2.75, 3.05) is 36.5 Å². The Kier molecular flexibility index (Phi) is 5.97. The predicted molar refractivity (Wildman–Crippen MR) is 134 cm³/mol. The average Bonchev–Trinajstić information content (AvgIpc) is 3.28. The highest BCUT2D eigenvalue weighted by Crippen LogP contribution is 2.26. The molecule has 1 fully saturated rings. The number of sulfone groups is 1. The van der Waals surface area contributed by atoms with Crippen LogP contribution in [0.15, 0.2) is 71.8 Å². The minimum Gasteiger partial charge on any atom is -0.378 e. The van der Waals surface area contributed by atoms with Crippen molar-refractivity contribution in [3.63, 3.8) is 0 Å². The van der Waals surface area contributed by atoms with Gasteiger partial charge in [0.1, 0.15) is 0 Å². The van der Waals surface area contributed by atoms with Crippen LogP contribution in [0, 0.1) is 0 Å². The van der Waals surface area contributed by atoms with E-state index >= 15 is 0 Å². The van der Waals surface area contributed by atoms with Gasteiger partial charge in [-0.2, -0.15) is 0 Å². The van der Waals surface area contributed by atoms with Crippen molar-refractivity contribution < 1.29 is 13.2 Å². The number of rotatable bonds is 6. The molecule has 0 unspecified atom stereocenters. The monoisotopic (exact) mass is 477 g/mol. The highest BCUT2D eigenvalue weighted by Gasteiger charge is 2.19. The maximum absolute atomic E-state index is 12.4. The largest absolute Gasteiger partial charge is 0.378 e. The molecule has 1 saturated heterocycles. The minimum atomic E-state index is -3.31. The number of aromatic nitrogens is 3. The zero-order valence-corrected chi connectivity index (χ0v) is 20.0. The van der Waals surface area contributed by atoms with Crippen molar-refractivity contribution in [3.8, 4) is 11.3 Å². The molecule has 0 spiro atoms. The summed E-state index contributed by atoms with van der Waals surface area (Å²) in [7, 11) is -3.31. The lowest BCUT2D eigenvalue weighted by atomic mass is 10.2. The van der Waals surface area contributed by atoms with Crippen LogP contribution in [-0.4, -0.2) is 54.6 Å². The quantitative estimate of drug-likeness (QED) is 0.446. The van der Waals surface area contributed by atoms with Crippen LogP contribution in [0.2, 0.25) is 0 Å². The van der Waals surface area contributed by atoms with Gasteiger partial charge in [0.15, 0.2) is 9.84 Å². The molecule has 2 aromatic carbocycles. The van der Waals surface area contributed by atoms with E-state index in [1.54, 1.807) is 32.2 Å². The zero-order valence-electron chi connectivity index (χ0n) is 19.2. The van der Waals surface area contributed by atoms with E-state index in [1.165, 1.54) is 0 Å². The van der Waals surface area contributed by atoms with Gasteiger partial charge in [0.05, 0.1) is 40.8 Å². The molecule has 34 heavy (non-hydrogen) atoms. The van der Waals surface area contributed by atoms with E-state index in [-0.39, 0.29) is 0 Å². The summed E-state index contributed by atoms with van der Waals surface area (Å²) in [5.74, 6) is 0.475. The van der Waals surface area contributed by atoms with Crippen LogP contribution in [0.3, 0.4) is 0 Å². The minimum absolute atomic E-state index is 0.323. The number of hydrogen-bond donors (Lipinski definition) is 1. The van der Waals surface area contributed by atoms with Crippen LogP contribution in [0.4, 0.5) is 17.3 Å². The van der Waals surface area contributed by atoms with Crippen molar-refractivity contribution in [3.05, 3.63) is 66.9 Å². The van der Waals surface area contributed by atoms with Crippen LogP contribution in [0.25, 0.3) is 16.8 Å². The van der Waals surface area contributed by atoms with E-state index in [0.717, 1.165) is 54.5 Å². The van der Waals surface area contributed by atoms with Crippen LogP contribution >= 0.6 is 0 Å². The highest BCUT2D eigenvalue weighted by molar-refractivity contribution is 7.92. The smallest absolute Gasteiger partial charge is 0.245 e. The topological polar surface area (TPSA) is 88.8 Å². The summed E-state index contributed by atoms with van der Waals surface area (Å²) in [6.07, 6.45) is 1.77. The summed E-state index contributed by atoms with van der Waals surface area (Å²) < 4.78 is 32.1. The standard InChI is InChI=1S/C25H27N5O3S/c1-18(2)34(31,32)23-9-6-19(7-10-23)24-11-8-22-17-26-25(28-30(22)24)27-20-4-3-5-21(16-20)29-12-14-33-15-13-29/h3-11,16-18H,12-15H2,1-2H3,(H,27,28). The lowest BCUT2D eigenvalue weighted by Crippen LogP contribution is -2.36. The number of fused-ring (bicyclic) bond motifs is 1. The first kappa shape index (κ1) is 22.4. The molecular weight excluding hydrogens is 450 g/mol. The molecule has 3 heterocycles. The molecule has 0 atom stereocenters. The van der Waals surface area contributed by atoms with E-state index in [1.807, 2.05) is 40.9 Å².